The van der Waals surface area contributed by atoms with Gasteiger partial charge in [-0.1, -0.05) is 42.0 Å². The summed E-state index contributed by atoms with van der Waals surface area (Å²) < 4.78 is 0. The number of hydrogen-bond acceptors (Lipinski definition) is 6. The fourth-order valence-electron chi connectivity index (χ4n) is 4.60. The van der Waals surface area contributed by atoms with E-state index in [-0.39, 0.29) is 23.7 Å². The molecule has 0 spiro atoms. The van der Waals surface area contributed by atoms with E-state index in [0.29, 0.717) is 6.54 Å². The van der Waals surface area contributed by atoms with Crippen molar-refractivity contribution in [2.45, 2.75) is 32.2 Å². The number of likely N-dealkylation sites (tertiary alicyclic amines) is 1. The quantitative estimate of drug-likeness (QED) is 0.447. The zero-order valence-electron chi connectivity index (χ0n) is 18.6. The van der Waals surface area contributed by atoms with E-state index in [1.165, 1.54) is 4.88 Å². The van der Waals surface area contributed by atoms with Gasteiger partial charge in [0.1, 0.15) is 0 Å². The molecule has 5 nitrogen and oxygen atoms in total. The first-order chi connectivity index (χ1) is 16.1. The Balaban J connectivity index is 1.22. The molecule has 1 saturated heterocycles. The van der Waals surface area contributed by atoms with Crippen molar-refractivity contribution in [2.24, 2.45) is 11.0 Å². The number of ketones is 1. The van der Waals surface area contributed by atoms with Crippen molar-refractivity contribution in [1.82, 2.24) is 9.91 Å². The van der Waals surface area contributed by atoms with Crippen LogP contribution < -0.4 is 0 Å². The summed E-state index contributed by atoms with van der Waals surface area (Å²) in [5.74, 6) is 0.292. The number of nitrogens with zero attached hydrogens (tertiary/aromatic N) is 3. The Hall–Kier alpha value is -2.61. The van der Waals surface area contributed by atoms with E-state index in [4.69, 9.17) is 5.10 Å². The average molecular weight is 478 g/mol. The van der Waals surface area contributed by atoms with Crippen LogP contribution in [0.1, 0.15) is 51.0 Å². The summed E-state index contributed by atoms with van der Waals surface area (Å²) in [5.41, 5.74) is 2.94. The Bertz CT molecular complexity index is 1130. The van der Waals surface area contributed by atoms with E-state index < -0.39 is 0 Å². The first kappa shape index (κ1) is 22.2. The van der Waals surface area contributed by atoms with Crippen molar-refractivity contribution in [1.29, 1.82) is 0 Å². The summed E-state index contributed by atoms with van der Waals surface area (Å²) >= 11 is 3.34. The van der Waals surface area contributed by atoms with Gasteiger partial charge in [0.25, 0.3) is 5.91 Å². The number of amides is 1. The molecule has 2 aromatic heterocycles. The number of hydrazone groups is 1. The summed E-state index contributed by atoms with van der Waals surface area (Å²) in [4.78, 5) is 30.7. The van der Waals surface area contributed by atoms with Gasteiger partial charge in [-0.25, -0.2) is 5.01 Å². The molecule has 1 unspecified atom stereocenters. The Kier molecular flexibility index (Phi) is 6.53. The van der Waals surface area contributed by atoms with Crippen LogP contribution in [0.5, 0.6) is 0 Å². The van der Waals surface area contributed by atoms with Gasteiger partial charge in [0, 0.05) is 22.8 Å². The number of carbonyl (C=O) groups is 2. The van der Waals surface area contributed by atoms with Crippen LogP contribution in [0.15, 0.2) is 64.4 Å². The van der Waals surface area contributed by atoms with Gasteiger partial charge in [-0.05, 0) is 55.7 Å². The minimum Gasteiger partial charge on any atom is -0.294 e. The predicted octanol–water partition coefficient (Wildman–Crippen LogP) is 5.39. The Morgan fingerprint density at radius 2 is 1.73 bits per heavy atom. The van der Waals surface area contributed by atoms with Crippen LogP contribution in [0, 0.1) is 12.8 Å². The van der Waals surface area contributed by atoms with Gasteiger partial charge in [0.2, 0.25) is 0 Å². The standard InChI is InChI=1S/C26H27N3O2S2/c1-18-6-8-19(9-7-18)26(31)20-10-12-28(13-11-20)17-25(30)29-22(24-5-3-15-33-24)16-21(27-29)23-4-2-14-32-23/h2-9,14-15,20,22H,10-13,16-17H2,1H3. The molecule has 3 aromatic rings. The molecule has 2 aliphatic rings. The maximum Gasteiger partial charge on any atom is 0.257 e. The smallest absolute Gasteiger partial charge is 0.257 e. The number of thiophene rings is 2. The summed E-state index contributed by atoms with van der Waals surface area (Å²) in [7, 11) is 0. The molecule has 1 amide bonds. The molecule has 1 aromatic carbocycles. The topological polar surface area (TPSA) is 53.0 Å². The van der Waals surface area contributed by atoms with Crippen molar-refractivity contribution in [3.05, 3.63) is 80.2 Å². The molecular weight excluding hydrogens is 450 g/mol. The highest BCUT2D eigenvalue weighted by molar-refractivity contribution is 7.12. The van der Waals surface area contributed by atoms with Crippen molar-refractivity contribution in [3.63, 3.8) is 0 Å². The van der Waals surface area contributed by atoms with Crippen LogP contribution in [0.25, 0.3) is 0 Å². The normalized spacial score (nSPS) is 19.6. The Morgan fingerprint density at radius 3 is 2.39 bits per heavy atom. The van der Waals surface area contributed by atoms with Crippen molar-refractivity contribution in [3.8, 4) is 0 Å². The third-order valence-corrected chi connectivity index (χ3v) is 8.39. The van der Waals surface area contributed by atoms with Crippen LogP contribution in [0.3, 0.4) is 0 Å². The number of carbonyl (C=O) groups excluding carboxylic acids is 2. The van der Waals surface area contributed by atoms with Crippen molar-refractivity contribution < 1.29 is 9.59 Å². The third-order valence-electron chi connectivity index (χ3n) is 6.50. The van der Waals surface area contributed by atoms with E-state index in [9.17, 15) is 9.59 Å². The molecular formula is C26H27N3O2S2. The van der Waals surface area contributed by atoms with E-state index in [1.807, 2.05) is 48.7 Å². The van der Waals surface area contributed by atoms with Crippen LogP contribution in [-0.4, -0.2) is 46.9 Å². The largest absolute Gasteiger partial charge is 0.294 e. The van der Waals surface area contributed by atoms with E-state index in [0.717, 1.165) is 54.1 Å². The number of piperidine rings is 1. The summed E-state index contributed by atoms with van der Waals surface area (Å²) in [6.45, 7) is 3.88. The molecule has 0 N–H and O–H groups in total. The van der Waals surface area contributed by atoms with Crippen molar-refractivity contribution >= 4 is 40.1 Å². The molecule has 0 aliphatic carbocycles. The van der Waals surface area contributed by atoms with Gasteiger partial charge >= 0.3 is 0 Å². The maximum atomic E-state index is 13.3. The molecule has 0 bridgehead atoms. The Labute approximate surface area is 202 Å². The maximum absolute atomic E-state index is 13.3. The first-order valence-electron chi connectivity index (χ1n) is 11.4. The lowest BCUT2D eigenvalue weighted by atomic mass is 9.88. The second-order valence-electron chi connectivity index (χ2n) is 8.78. The molecule has 4 heterocycles. The fraction of sp³-hybridized carbons (Fsp3) is 0.346. The number of aryl methyl sites for hydroxylation is 1. The highest BCUT2D eigenvalue weighted by Crippen LogP contribution is 2.36. The minimum absolute atomic E-state index is 0.0308. The molecule has 0 saturated carbocycles. The van der Waals surface area contributed by atoms with E-state index >= 15 is 0 Å². The monoisotopic (exact) mass is 477 g/mol. The van der Waals surface area contributed by atoms with Crippen LogP contribution in [0.2, 0.25) is 0 Å². The molecule has 2 aliphatic heterocycles. The van der Waals surface area contributed by atoms with Crippen molar-refractivity contribution in [2.75, 3.05) is 19.6 Å². The predicted molar refractivity (Wildman–Crippen MR) is 134 cm³/mol. The molecule has 170 valence electrons. The second kappa shape index (κ2) is 9.71. The molecule has 33 heavy (non-hydrogen) atoms. The number of benzene rings is 1. The molecule has 0 radical (unpaired) electrons. The van der Waals surface area contributed by atoms with E-state index in [2.05, 4.69) is 22.4 Å². The van der Waals surface area contributed by atoms with Gasteiger partial charge in [-0.3, -0.25) is 14.5 Å². The third kappa shape index (κ3) is 4.86. The van der Waals surface area contributed by atoms with Gasteiger partial charge < -0.3 is 0 Å². The summed E-state index contributed by atoms with van der Waals surface area (Å²) in [5, 5.41) is 10.6. The zero-order chi connectivity index (χ0) is 22.8. The van der Waals surface area contributed by atoms with Crippen LogP contribution in [0.4, 0.5) is 0 Å². The zero-order valence-corrected chi connectivity index (χ0v) is 20.3. The van der Waals surface area contributed by atoms with Gasteiger partial charge in [-0.15, -0.1) is 22.7 Å². The lowest BCUT2D eigenvalue weighted by Gasteiger charge is -2.32. The van der Waals surface area contributed by atoms with Gasteiger partial charge in [0.05, 0.1) is 23.2 Å². The summed E-state index contributed by atoms with van der Waals surface area (Å²) in [6.07, 6.45) is 2.33. The second-order valence-corrected chi connectivity index (χ2v) is 10.7. The number of Topliss-reactive ketones (excluding diaryl/α,β-unsaturated/α-hetero) is 1. The Morgan fingerprint density at radius 1 is 1.00 bits per heavy atom. The highest BCUT2D eigenvalue weighted by atomic mass is 32.1. The van der Waals surface area contributed by atoms with E-state index in [1.54, 1.807) is 27.7 Å². The fourth-order valence-corrected chi connectivity index (χ4v) is 6.14. The molecule has 1 fully saturated rings. The molecule has 1 atom stereocenters. The lowest BCUT2D eigenvalue weighted by Crippen LogP contribution is -2.43. The molecule has 7 heteroatoms. The summed E-state index contributed by atoms with van der Waals surface area (Å²) in [6, 6.07) is 16.0. The number of hydrogen-bond donors (Lipinski definition) is 0. The minimum atomic E-state index is -0.0322. The first-order valence-corrected chi connectivity index (χ1v) is 13.1. The SMILES string of the molecule is Cc1ccc(C(=O)C2CCN(CC(=O)N3N=C(c4cccs4)CC3c3cccs3)CC2)cc1. The van der Waals surface area contributed by atoms with Crippen LogP contribution >= 0.6 is 22.7 Å². The highest BCUT2D eigenvalue weighted by Gasteiger charge is 2.35. The van der Waals surface area contributed by atoms with Gasteiger partial charge in [-0.2, -0.15) is 5.10 Å². The van der Waals surface area contributed by atoms with Gasteiger partial charge in [0.15, 0.2) is 5.78 Å². The molecule has 5 rings (SSSR count). The lowest BCUT2D eigenvalue weighted by molar-refractivity contribution is -0.134. The number of rotatable bonds is 6. The average Bonchev–Trinajstić information content (AvgIpc) is 3.61. The van der Waals surface area contributed by atoms with Crippen LogP contribution in [-0.2, 0) is 4.79 Å².